The Hall–Kier alpha value is -3.71. The maximum absolute atomic E-state index is 13.7. The second kappa shape index (κ2) is 10.7. The molecule has 0 aliphatic carbocycles. The van der Waals surface area contributed by atoms with Crippen LogP contribution in [0.3, 0.4) is 0 Å². The second-order valence-corrected chi connectivity index (χ2v) is 9.82. The van der Waals surface area contributed by atoms with Gasteiger partial charge in [0, 0.05) is 36.1 Å². The summed E-state index contributed by atoms with van der Waals surface area (Å²) in [6.07, 6.45) is 0.943. The van der Waals surface area contributed by atoms with Crippen molar-refractivity contribution in [3.63, 3.8) is 0 Å². The number of hydrogen-bond acceptors (Lipinski definition) is 5. The van der Waals surface area contributed by atoms with Crippen LogP contribution in [0.1, 0.15) is 53.4 Å². The maximum Gasteiger partial charge on any atom is 0.249 e. The van der Waals surface area contributed by atoms with Crippen molar-refractivity contribution in [3.8, 4) is 11.5 Å². The van der Waals surface area contributed by atoms with Gasteiger partial charge in [-0.2, -0.15) is 0 Å². The van der Waals surface area contributed by atoms with Crippen molar-refractivity contribution >= 4 is 34.8 Å². The third kappa shape index (κ3) is 5.23. The largest absolute Gasteiger partial charge is 0.493 e. The van der Waals surface area contributed by atoms with Gasteiger partial charge in [0.05, 0.1) is 25.7 Å². The lowest BCUT2D eigenvalue weighted by molar-refractivity contribution is -0.118. The third-order valence-corrected chi connectivity index (χ3v) is 6.95. The standard InChI is InChI=1S/C29H32ClN3O4/c1-6-17(2)37-26-16-23-18(13-25(26)36-5)14-27(34)33(21-10-8-20(9-11-21)32(3)4)28(23)22-12-7-19(30)15-24(22)29(31)35/h7-13,15-17,28H,6,14H2,1-5H3,(H2,31,35). The summed E-state index contributed by atoms with van der Waals surface area (Å²) in [7, 11) is 5.49. The number of fused-ring (bicyclic) bond motifs is 1. The van der Waals surface area contributed by atoms with Crippen molar-refractivity contribution in [2.24, 2.45) is 5.73 Å². The molecule has 8 heteroatoms. The van der Waals surface area contributed by atoms with Gasteiger partial charge in [0.1, 0.15) is 0 Å². The molecule has 1 aliphatic rings. The molecule has 3 aromatic carbocycles. The van der Waals surface area contributed by atoms with E-state index in [-0.39, 0.29) is 24.0 Å². The van der Waals surface area contributed by atoms with E-state index in [0.717, 1.165) is 23.2 Å². The highest BCUT2D eigenvalue weighted by atomic mass is 35.5. The van der Waals surface area contributed by atoms with Gasteiger partial charge in [-0.15, -0.1) is 0 Å². The fourth-order valence-electron chi connectivity index (χ4n) is 4.60. The van der Waals surface area contributed by atoms with Crippen LogP contribution in [0.2, 0.25) is 5.02 Å². The summed E-state index contributed by atoms with van der Waals surface area (Å²) in [6, 6.07) is 15.9. The number of carbonyl (C=O) groups is 2. The first-order valence-electron chi connectivity index (χ1n) is 12.2. The summed E-state index contributed by atoms with van der Waals surface area (Å²) < 4.78 is 11.8. The van der Waals surface area contributed by atoms with Crippen molar-refractivity contribution < 1.29 is 19.1 Å². The van der Waals surface area contributed by atoms with Crippen LogP contribution < -0.4 is 25.0 Å². The molecule has 2 N–H and O–H groups in total. The van der Waals surface area contributed by atoms with E-state index in [1.165, 1.54) is 0 Å². The molecule has 1 heterocycles. The molecule has 3 aromatic rings. The highest BCUT2D eigenvalue weighted by molar-refractivity contribution is 6.31. The minimum absolute atomic E-state index is 0.0398. The zero-order valence-corrected chi connectivity index (χ0v) is 22.5. The van der Waals surface area contributed by atoms with Gasteiger partial charge in [0.2, 0.25) is 11.8 Å². The molecule has 1 aliphatic heterocycles. The second-order valence-electron chi connectivity index (χ2n) is 9.39. The molecule has 0 aromatic heterocycles. The van der Waals surface area contributed by atoms with Gasteiger partial charge < -0.3 is 25.0 Å². The van der Waals surface area contributed by atoms with Crippen LogP contribution in [0.5, 0.6) is 11.5 Å². The smallest absolute Gasteiger partial charge is 0.249 e. The number of halogens is 1. The molecular weight excluding hydrogens is 490 g/mol. The fourth-order valence-corrected chi connectivity index (χ4v) is 4.77. The van der Waals surface area contributed by atoms with Crippen LogP contribution >= 0.6 is 11.6 Å². The average molecular weight is 522 g/mol. The highest BCUT2D eigenvalue weighted by Crippen LogP contribution is 2.45. The predicted molar refractivity (Wildman–Crippen MR) is 147 cm³/mol. The van der Waals surface area contributed by atoms with Gasteiger partial charge in [-0.25, -0.2) is 0 Å². The first-order chi connectivity index (χ1) is 17.6. The summed E-state index contributed by atoms with van der Waals surface area (Å²) >= 11 is 6.24. The van der Waals surface area contributed by atoms with E-state index in [1.54, 1.807) is 30.2 Å². The zero-order chi connectivity index (χ0) is 26.9. The first kappa shape index (κ1) is 26.4. The van der Waals surface area contributed by atoms with Gasteiger partial charge >= 0.3 is 0 Å². The molecule has 0 spiro atoms. The Morgan fingerprint density at radius 3 is 2.41 bits per heavy atom. The molecule has 2 amide bonds. The zero-order valence-electron chi connectivity index (χ0n) is 21.7. The SMILES string of the molecule is CCC(C)Oc1cc2c(cc1OC)CC(=O)N(c1ccc(N(C)C)cc1)C2c1ccc(Cl)cc1C(N)=O. The summed E-state index contributed by atoms with van der Waals surface area (Å²) in [4.78, 5) is 30.0. The van der Waals surface area contributed by atoms with E-state index < -0.39 is 11.9 Å². The third-order valence-electron chi connectivity index (χ3n) is 6.71. The van der Waals surface area contributed by atoms with Crippen molar-refractivity contribution in [1.82, 2.24) is 0 Å². The number of anilines is 2. The molecule has 0 fully saturated rings. The number of nitrogens with two attached hydrogens (primary N) is 1. The quantitative estimate of drug-likeness (QED) is 0.431. The molecule has 0 saturated carbocycles. The topological polar surface area (TPSA) is 85.1 Å². The highest BCUT2D eigenvalue weighted by Gasteiger charge is 2.37. The molecule has 4 rings (SSSR count). The lowest BCUT2D eigenvalue weighted by Crippen LogP contribution is -2.42. The van der Waals surface area contributed by atoms with Crippen LogP contribution in [-0.4, -0.2) is 39.1 Å². The van der Waals surface area contributed by atoms with Gasteiger partial charge in [0.25, 0.3) is 0 Å². The fraction of sp³-hybridized carbons (Fsp3) is 0.310. The first-order valence-corrected chi connectivity index (χ1v) is 12.6. The van der Waals surface area contributed by atoms with Crippen LogP contribution in [0, 0.1) is 0 Å². The summed E-state index contributed by atoms with van der Waals surface area (Å²) in [5.74, 6) is 0.399. The Morgan fingerprint density at radius 1 is 1.11 bits per heavy atom. The Labute approximate surface area is 222 Å². The molecule has 7 nitrogen and oxygen atoms in total. The van der Waals surface area contributed by atoms with E-state index in [0.29, 0.717) is 27.8 Å². The molecule has 0 saturated heterocycles. The lowest BCUT2D eigenvalue weighted by Gasteiger charge is -2.39. The Bertz CT molecular complexity index is 1320. The Morgan fingerprint density at radius 2 is 1.81 bits per heavy atom. The number of amides is 2. The van der Waals surface area contributed by atoms with Crippen LogP contribution in [0.15, 0.2) is 54.6 Å². The average Bonchev–Trinajstić information content (AvgIpc) is 2.87. The minimum atomic E-state index is -0.633. The van der Waals surface area contributed by atoms with Gasteiger partial charge in [-0.05, 0) is 78.6 Å². The van der Waals surface area contributed by atoms with Gasteiger partial charge in [0.15, 0.2) is 11.5 Å². The molecule has 0 bridgehead atoms. The summed E-state index contributed by atoms with van der Waals surface area (Å²) in [5.41, 5.74) is 9.98. The van der Waals surface area contributed by atoms with E-state index in [9.17, 15) is 9.59 Å². The number of hydrogen-bond donors (Lipinski definition) is 1. The molecule has 2 atom stereocenters. The van der Waals surface area contributed by atoms with Gasteiger partial charge in [-0.1, -0.05) is 24.6 Å². The number of primary amides is 1. The number of methoxy groups -OCH3 is 1. The summed E-state index contributed by atoms with van der Waals surface area (Å²) in [6.45, 7) is 4.03. The van der Waals surface area contributed by atoms with Crippen LogP contribution in [0.25, 0.3) is 0 Å². The molecule has 0 radical (unpaired) electrons. The Balaban J connectivity index is 1.97. The summed E-state index contributed by atoms with van der Waals surface area (Å²) in [5, 5.41) is 0.386. The molecular formula is C29H32ClN3O4. The monoisotopic (exact) mass is 521 g/mol. The maximum atomic E-state index is 13.7. The predicted octanol–water partition coefficient (Wildman–Crippen LogP) is 5.37. The van der Waals surface area contributed by atoms with Crippen molar-refractivity contribution in [3.05, 3.63) is 81.9 Å². The molecule has 2 unspecified atom stereocenters. The van der Waals surface area contributed by atoms with Crippen molar-refractivity contribution in [2.75, 3.05) is 31.0 Å². The number of ether oxygens (including phenoxy) is 2. The molecule has 194 valence electrons. The Kier molecular flexibility index (Phi) is 7.64. The minimum Gasteiger partial charge on any atom is -0.493 e. The van der Waals surface area contributed by atoms with Crippen LogP contribution in [-0.2, 0) is 11.2 Å². The number of carbonyl (C=O) groups excluding carboxylic acids is 2. The van der Waals surface area contributed by atoms with E-state index in [1.807, 2.05) is 69.2 Å². The molecule has 37 heavy (non-hydrogen) atoms. The van der Waals surface area contributed by atoms with Crippen molar-refractivity contribution in [2.45, 2.75) is 38.8 Å². The number of rotatable bonds is 8. The van der Waals surface area contributed by atoms with Crippen LogP contribution in [0.4, 0.5) is 11.4 Å². The van der Waals surface area contributed by atoms with E-state index >= 15 is 0 Å². The number of nitrogens with zero attached hydrogens (tertiary/aromatic N) is 2. The van der Waals surface area contributed by atoms with Crippen molar-refractivity contribution in [1.29, 1.82) is 0 Å². The van der Waals surface area contributed by atoms with E-state index in [4.69, 9.17) is 26.8 Å². The number of benzene rings is 3. The van der Waals surface area contributed by atoms with Gasteiger partial charge in [-0.3, -0.25) is 9.59 Å². The normalized spacial score (nSPS) is 15.7. The van der Waals surface area contributed by atoms with E-state index in [2.05, 4.69) is 0 Å². The lowest BCUT2D eigenvalue weighted by atomic mass is 9.84.